The zero-order chi connectivity index (χ0) is 11.5. The topological polar surface area (TPSA) is 76.3 Å². The van der Waals surface area contributed by atoms with Crippen LogP contribution in [-0.4, -0.2) is 34.1 Å². The fraction of sp³-hybridized carbons (Fsp3) is 0.222. The van der Waals surface area contributed by atoms with Crippen molar-refractivity contribution < 1.29 is 9.59 Å². The van der Waals surface area contributed by atoms with Crippen LogP contribution in [0.5, 0.6) is 0 Å². The predicted molar refractivity (Wildman–Crippen MR) is 63.8 cm³/mol. The standard InChI is InChI=1S/C9H9N3O2S2/c10-1-2-12-8(13)7(16-9(12)14)3-6-4-11-5-15-6/h3-5H,1-2,10H2. The first-order valence-electron chi connectivity index (χ1n) is 4.56. The summed E-state index contributed by atoms with van der Waals surface area (Å²) < 4.78 is 0. The Labute approximate surface area is 100 Å². The fourth-order valence-corrected chi connectivity index (χ4v) is 2.73. The van der Waals surface area contributed by atoms with Crippen LogP contribution in [0.4, 0.5) is 4.79 Å². The van der Waals surface area contributed by atoms with Crippen molar-refractivity contribution in [3.8, 4) is 0 Å². The Morgan fingerprint density at radius 2 is 2.31 bits per heavy atom. The summed E-state index contributed by atoms with van der Waals surface area (Å²) in [6.07, 6.45) is 3.33. The van der Waals surface area contributed by atoms with E-state index in [1.807, 2.05) is 0 Å². The molecule has 0 spiro atoms. The quantitative estimate of drug-likeness (QED) is 0.820. The van der Waals surface area contributed by atoms with Gasteiger partial charge in [0.2, 0.25) is 0 Å². The number of amides is 2. The van der Waals surface area contributed by atoms with Crippen LogP contribution >= 0.6 is 23.1 Å². The highest BCUT2D eigenvalue weighted by Crippen LogP contribution is 2.32. The third kappa shape index (κ3) is 2.16. The van der Waals surface area contributed by atoms with Gasteiger partial charge in [0.25, 0.3) is 11.1 Å². The Morgan fingerprint density at radius 1 is 1.50 bits per heavy atom. The van der Waals surface area contributed by atoms with Gasteiger partial charge in [-0.1, -0.05) is 0 Å². The van der Waals surface area contributed by atoms with E-state index >= 15 is 0 Å². The third-order valence-corrected chi connectivity index (χ3v) is 3.58. The van der Waals surface area contributed by atoms with Crippen LogP contribution in [0, 0.1) is 0 Å². The van der Waals surface area contributed by atoms with Gasteiger partial charge in [0.1, 0.15) is 0 Å². The SMILES string of the molecule is NCCN1C(=O)SC(=Cc2cncs2)C1=O. The molecular weight excluding hydrogens is 246 g/mol. The molecule has 7 heteroatoms. The number of rotatable bonds is 3. The minimum absolute atomic E-state index is 0.258. The predicted octanol–water partition coefficient (Wildman–Crippen LogP) is 1.14. The summed E-state index contributed by atoms with van der Waals surface area (Å²) in [5.74, 6) is -0.270. The number of carbonyl (C=O) groups excluding carboxylic acids is 2. The van der Waals surface area contributed by atoms with Gasteiger partial charge < -0.3 is 5.73 Å². The van der Waals surface area contributed by atoms with E-state index in [0.717, 1.165) is 21.5 Å². The molecule has 2 rings (SSSR count). The summed E-state index contributed by atoms with van der Waals surface area (Å²) in [4.78, 5) is 29.6. The van der Waals surface area contributed by atoms with Gasteiger partial charge in [-0.05, 0) is 17.8 Å². The average Bonchev–Trinajstić information content (AvgIpc) is 2.84. The molecule has 1 aliphatic rings. The molecule has 0 unspecified atom stereocenters. The van der Waals surface area contributed by atoms with Crippen LogP contribution in [0.3, 0.4) is 0 Å². The van der Waals surface area contributed by atoms with Gasteiger partial charge in [-0.2, -0.15) is 0 Å². The minimum Gasteiger partial charge on any atom is -0.329 e. The van der Waals surface area contributed by atoms with Crippen molar-refractivity contribution in [2.45, 2.75) is 0 Å². The molecule has 1 aromatic rings. The molecular formula is C9H9N3O2S2. The molecule has 2 heterocycles. The second kappa shape index (κ2) is 4.77. The van der Waals surface area contributed by atoms with Crippen LogP contribution in [0.2, 0.25) is 0 Å². The number of imide groups is 1. The molecule has 0 atom stereocenters. The molecule has 16 heavy (non-hydrogen) atoms. The summed E-state index contributed by atoms with van der Waals surface area (Å²) in [6.45, 7) is 0.552. The molecule has 1 aromatic heterocycles. The molecule has 1 saturated heterocycles. The summed E-state index contributed by atoms with van der Waals surface area (Å²) in [5, 5.41) is -0.258. The summed E-state index contributed by atoms with van der Waals surface area (Å²) in [7, 11) is 0. The molecule has 5 nitrogen and oxygen atoms in total. The Kier molecular flexibility index (Phi) is 3.37. The molecule has 0 radical (unpaired) electrons. The number of nitrogens with zero attached hydrogens (tertiary/aromatic N) is 2. The van der Waals surface area contributed by atoms with Gasteiger partial charge in [-0.25, -0.2) is 0 Å². The van der Waals surface area contributed by atoms with E-state index in [0.29, 0.717) is 4.91 Å². The molecule has 2 amide bonds. The largest absolute Gasteiger partial charge is 0.329 e. The normalized spacial score (nSPS) is 18.8. The zero-order valence-corrected chi connectivity index (χ0v) is 9.88. The number of aromatic nitrogens is 1. The van der Waals surface area contributed by atoms with Crippen LogP contribution in [0.15, 0.2) is 16.6 Å². The monoisotopic (exact) mass is 255 g/mol. The molecule has 84 valence electrons. The number of hydrogen-bond donors (Lipinski definition) is 1. The van der Waals surface area contributed by atoms with E-state index in [4.69, 9.17) is 5.73 Å². The van der Waals surface area contributed by atoms with Gasteiger partial charge in [-0.15, -0.1) is 11.3 Å². The molecule has 1 fully saturated rings. The van der Waals surface area contributed by atoms with Crippen molar-refractivity contribution in [1.29, 1.82) is 0 Å². The minimum atomic E-state index is -0.270. The highest BCUT2D eigenvalue weighted by atomic mass is 32.2. The lowest BCUT2D eigenvalue weighted by Gasteiger charge is -2.09. The van der Waals surface area contributed by atoms with Gasteiger partial charge in [0.15, 0.2) is 0 Å². The summed E-state index contributed by atoms with van der Waals surface area (Å²) >= 11 is 2.36. The number of thioether (sulfide) groups is 1. The first-order chi connectivity index (χ1) is 7.72. The Balaban J connectivity index is 2.20. The molecule has 0 aliphatic carbocycles. The summed E-state index contributed by atoms with van der Waals surface area (Å²) in [5.41, 5.74) is 7.01. The third-order valence-electron chi connectivity index (χ3n) is 1.95. The van der Waals surface area contributed by atoms with Crippen molar-refractivity contribution in [2.75, 3.05) is 13.1 Å². The fourth-order valence-electron chi connectivity index (χ4n) is 1.25. The molecule has 1 aliphatic heterocycles. The smallest absolute Gasteiger partial charge is 0.293 e. The number of thiazole rings is 1. The summed E-state index contributed by atoms with van der Waals surface area (Å²) in [6, 6.07) is 0. The van der Waals surface area contributed by atoms with Crippen molar-refractivity contribution in [3.05, 3.63) is 21.5 Å². The van der Waals surface area contributed by atoms with E-state index in [1.165, 1.54) is 11.3 Å². The van der Waals surface area contributed by atoms with Gasteiger partial charge in [0, 0.05) is 24.2 Å². The molecule has 2 N–H and O–H groups in total. The van der Waals surface area contributed by atoms with Gasteiger partial charge in [0.05, 0.1) is 10.4 Å². The van der Waals surface area contributed by atoms with Crippen LogP contribution in [0.25, 0.3) is 6.08 Å². The Bertz CT molecular complexity index is 442. The second-order valence-electron chi connectivity index (χ2n) is 3.03. The van der Waals surface area contributed by atoms with Gasteiger partial charge >= 0.3 is 0 Å². The first-order valence-corrected chi connectivity index (χ1v) is 6.26. The van der Waals surface area contributed by atoms with Crippen molar-refractivity contribution in [2.24, 2.45) is 5.73 Å². The van der Waals surface area contributed by atoms with Crippen molar-refractivity contribution in [3.63, 3.8) is 0 Å². The highest BCUT2D eigenvalue weighted by Gasteiger charge is 2.34. The lowest BCUT2D eigenvalue weighted by Crippen LogP contribution is -2.33. The number of carbonyl (C=O) groups is 2. The maximum absolute atomic E-state index is 11.8. The van der Waals surface area contributed by atoms with E-state index in [9.17, 15) is 9.59 Å². The van der Waals surface area contributed by atoms with Crippen molar-refractivity contribution >= 4 is 40.3 Å². The number of nitrogens with two attached hydrogens (primary N) is 1. The average molecular weight is 255 g/mol. The Morgan fingerprint density at radius 3 is 2.94 bits per heavy atom. The van der Waals surface area contributed by atoms with E-state index in [-0.39, 0.29) is 24.2 Å². The lowest BCUT2D eigenvalue weighted by molar-refractivity contribution is -0.122. The van der Waals surface area contributed by atoms with Crippen LogP contribution in [-0.2, 0) is 4.79 Å². The maximum atomic E-state index is 11.8. The van der Waals surface area contributed by atoms with Crippen molar-refractivity contribution in [1.82, 2.24) is 9.88 Å². The lowest BCUT2D eigenvalue weighted by atomic mass is 10.4. The Hall–Kier alpha value is -1.18. The first kappa shape index (κ1) is 11.3. The van der Waals surface area contributed by atoms with Gasteiger partial charge in [-0.3, -0.25) is 19.5 Å². The maximum Gasteiger partial charge on any atom is 0.293 e. The second-order valence-corrected chi connectivity index (χ2v) is 4.94. The van der Waals surface area contributed by atoms with E-state index in [1.54, 1.807) is 17.8 Å². The molecule has 0 aromatic carbocycles. The molecule has 0 bridgehead atoms. The van der Waals surface area contributed by atoms with E-state index < -0.39 is 0 Å². The zero-order valence-electron chi connectivity index (χ0n) is 8.25. The molecule has 0 saturated carbocycles. The number of hydrogen-bond acceptors (Lipinski definition) is 6. The van der Waals surface area contributed by atoms with Crippen LogP contribution < -0.4 is 5.73 Å². The van der Waals surface area contributed by atoms with E-state index in [2.05, 4.69) is 4.98 Å². The van der Waals surface area contributed by atoms with Crippen LogP contribution in [0.1, 0.15) is 4.88 Å². The highest BCUT2D eigenvalue weighted by molar-refractivity contribution is 8.18.